The standard InChI is InChI=1S/C27H47NO5/c1-5-6-7-8-9-10-11-12-13-16-19-24(29)20-17-14-15-18-21-27(32)33-25(22-26(30)31)23-28(2,3)4/h9-10,12-13,16,19,24-25,29H,5-8,11,14-15,17-18,20-23H2,1-4H3/b10-9+,13-12+,19-16+. The number of esters is 1. The topological polar surface area (TPSA) is 86.7 Å². The van der Waals surface area contributed by atoms with Crippen molar-refractivity contribution in [3.8, 4) is 0 Å². The molecule has 0 spiro atoms. The van der Waals surface area contributed by atoms with E-state index in [0.717, 1.165) is 32.1 Å². The Kier molecular flexibility index (Phi) is 18.4. The first kappa shape index (κ1) is 31.1. The number of allylic oxidation sites excluding steroid dienone is 5. The fourth-order valence-electron chi connectivity index (χ4n) is 3.41. The van der Waals surface area contributed by atoms with E-state index in [4.69, 9.17) is 4.74 Å². The molecule has 0 saturated heterocycles. The number of quaternary nitrogens is 1. The Morgan fingerprint density at radius 1 is 0.970 bits per heavy atom. The summed E-state index contributed by atoms with van der Waals surface area (Å²) in [7, 11) is 5.76. The molecule has 0 bridgehead atoms. The van der Waals surface area contributed by atoms with Crippen LogP contribution in [0.5, 0.6) is 0 Å². The summed E-state index contributed by atoms with van der Waals surface area (Å²) in [5, 5.41) is 20.9. The van der Waals surface area contributed by atoms with Gasteiger partial charge < -0.3 is 24.2 Å². The van der Waals surface area contributed by atoms with Crippen molar-refractivity contribution in [2.24, 2.45) is 0 Å². The molecule has 33 heavy (non-hydrogen) atoms. The van der Waals surface area contributed by atoms with Crippen LogP contribution in [0.25, 0.3) is 0 Å². The third-order valence-electron chi connectivity index (χ3n) is 5.07. The largest absolute Gasteiger partial charge is 0.550 e. The van der Waals surface area contributed by atoms with Gasteiger partial charge in [0.2, 0.25) is 0 Å². The molecule has 0 fully saturated rings. The number of carboxylic acid groups (broad SMARTS) is 1. The van der Waals surface area contributed by atoms with Crippen molar-refractivity contribution < 1.29 is 29.0 Å². The predicted octanol–water partition coefficient (Wildman–Crippen LogP) is 4.08. The first-order valence-corrected chi connectivity index (χ1v) is 12.5. The van der Waals surface area contributed by atoms with Crippen molar-refractivity contribution in [2.75, 3.05) is 27.7 Å². The van der Waals surface area contributed by atoms with Crippen LogP contribution in [0.2, 0.25) is 0 Å². The van der Waals surface area contributed by atoms with E-state index in [-0.39, 0.29) is 18.8 Å². The highest BCUT2D eigenvalue weighted by Gasteiger charge is 2.22. The summed E-state index contributed by atoms with van der Waals surface area (Å²) in [6.45, 7) is 2.64. The second-order valence-corrected chi connectivity index (χ2v) is 9.70. The van der Waals surface area contributed by atoms with Gasteiger partial charge in [-0.05, 0) is 32.1 Å². The average molecular weight is 466 g/mol. The molecule has 0 aromatic carbocycles. The van der Waals surface area contributed by atoms with Gasteiger partial charge >= 0.3 is 5.97 Å². The van der Waals surface area contributed by atoms with Crippen molar-refractivity contribution in [3.63, 3.8) is 0 Å². The number of aliphatic hydroxyl groups is 1. The quantitative estimate of drug-likeness (QED) is 0.0962. The van der Waals surface area contributed by atoms with Gasteiger partial charge in [-0.2, -0.15) is 0 Å². The van der Waals surface area contributed by atoms with Gasteiger partial charge in [-0.25, -0.2) is 0 Å². The number of hydrogen-bond donors (Lipinski definition) is 1. The minimum atomic E-state index is -1.21. The molecule has 190 valence electrons. The van der Waals surface area contributed by atoms with Gasteiger partial charge in [0, 0.05) is 18.8 Å². The number of aliphatic hydroxyl groups excluding tert-OH is 1. The van der Waals surface area contributed by atoms with Gasteiger partial charge in [0.25, 0.3) is 0 Å². The van der Waals surface area contributed by atoms with E-state index in [1.54, 1.807) is 0 Å². The smallest absolute Gasteiger partial charge is 0.306 e. The van der Waals surface area contributed by atoms with Gasteiger partial charge in [-0.3, -0.25) is 4.79 Å². The average Bonchev–Trinajstić information content (AvgIpc) is 2.70. The maximum atomic E-state index is 12.0. The van der Waals surface area contributed by atoms with Crippen molar-refractivity contribution in [1.82, 2.24) is 0 Å². The van der Waals surface area contributed by atoms with Crippen molar-refractivity contribution in [2.45, 2.75) is 96.2 Å². The highest BCUT2D eigenvalue weighted by molar-refractivity contribution is 5.70. The SMILES string of the molecule is CCCCC/C=C/C/C=C/C=C/C(O)CCCCCCC(=O)OC(CC(=O)[O-])C[N+](C)(C)C. The zero-order valence-electron chi connectivity index (χ0n) is 21.3. The number of hydrogen-bond acceptors (Lipinski definition) is 5. The van der Waals surface area contributed by atoms with E-state index in [0.29, 0.717) is 23.9 Å². The van der Waals surface area contributed by atoms with Crippen LogP contribution < -0.4 is 5.11 Å². The van der Waals surface area contributed by atoms with Crippen LogP contribution in [0.3, 0.4) is 0 Å². The monoisotopic (exact) mass is 465 g/mol. The molecule has 2 unspecified atom stereocenters. The second kappa shape index (κ2) is 19.5. The van der Waals surface area contributed by atoms with Gasteiger partial charge in [-0.15, -0.1) is 0 Å². The van der Waals surface area contributed by atoms with Gasteiger partial charge in [0.15, 0.2) is 6.10 Å². The van der Waals surface area contributed by atoms with E-state index in [9.17, 15) is 19.8 Å². The molecule has 1 N–H and O–H groups in total. The Balaban J connectivity index is 3.88. The predicted molar refractivity (Wildman–Crippen MR) is 132 cm³/mol. The third kappa shape index (κ3) is 23.0. The molecule has 2 atom stereocenters. The van der Waals surface area contributed by atoms with E-state index in [2.05, 4.69) is 25.2 Å². The minimum Gasteiger partial charge on any atom is -0.550 e. The van der Waals surface area contributed by atoms with E-state index in [1.807, 2.05) is 39.4 Å². The molecule has 0 aromatic heterocycles. The number of ether oxygens (including phenoxy) is 1. The molecule has 0 amide bonds. The van der Waals surface area contributed by atoms with Crippen LogP contribution >= 0.6 is 0 Å². The Hall–Kier alpha value is -1.92. The molecule has 0 saturated carbocycles. The van der Waals surface area contributed by atoms with Crippen LogP contribution in [0, 0.1) is 0 Å². The molecule has 6 heteroatoms. The lowest BCUT2D eigenvalue weighted by atomic mass is 10.1. The summed E-state index contributed by atoms with van der Waals surface area (Å²) in [5.41, 5.74) is 0. The highest BCUT2D eigenvalue weighted by atomic mass is 16.5. The number of carbonyl (C=O) groups excluding carboxylic acids is 2. The first-order chi connectivity index (χ1) is 15.6. The van der Waals surface area contributed by atoms with Gasteiger partial charge in [0.05, 0.1) is 27.2 Å². The fraction of sp³-hybridized carbons (Fsp3) is 0.704. The molecule has 0 aromatic rings. The molecular formula is C27H47NO5. The lowest BCUT2D eigenvalue weighted by Crippen LogP contribution is -2.45. The Morgan fingerprint density at radius 2 is 1.70 bits per heavy atom. The fourth-order valence-corrected chi connectivity index (χ4v) is 3.41. The van der Waals surface area contributed by atoms with Crippen LogP contribution in [0.4, 0.5) is 0 Å². The maximum absolute atomic E-state index is 12.0. The van der Waals surface area contributed by atoms with Crippen LogP contribution in [-0.2, 0) is 14.3 Å². The summed E-state index contributed by atoms with van der Waals surface area (Å²) in [6.07, 6.45) is 21.0. The summed E-state index contributed by atoms with van der Waals surface area (Å²) in [5.74, 6) is -1.57. The summed E-state index contributed by atoms with van der Waals surface area (Å²) < 4.78 is 5.86. The van der Waals surface area contributed by atoms with Crippen LogP contribution in [-0.4, -0.2) is 61.4 Å². The molecule has 0 aliphatic heterocycles. The van der Waals surface area contributed by atoms with Crippen LogP contribution in [0.15, 0.2) is 36.5 Å². The van der Waals surface area contributed by atoms with Gasteiger partial charge in [-0.1, -0.05) is 75.5 Å². The zero-order chi connectivity index (χ0) is 25.0. The number of carboxylic acids is 1. The molecule has 0 heterocycles. The summed E-state index contributed by atoms with van der Waals surface area (Å²) >= 11 is 0. The van der Waals surface area contributed by atoms with E-state index in [1.165, 1.54) is 19.3 Å². The third-order valence-corrected chi connectivity index (χ3v) is 5.07. The number of carbonyl (C=O) groups is 2. The van der Waals surface area contributed by atoms with Crippen LogP contribution in [0.1, 0.15) is 84.0 Å². The zero-order valence-corrected chi connectivity index (χ0v) is 21.3. The number of rotatable bonds is 20. The number of unbranched alkanes of at least 4 members (excludes halogenated alkanes) is 6. The number of likely N-dealkylation sites (N-methyl/N-ethyl adjacent to an activating group) is 1. The first-order valence-electron chi connectivity index (χ1n) is 12.5. The summed E-state index contributed by atoms with van der Waals surface area (Å²) in [4.78, 5) is 22.9. The van der Waals surface area contributed by atoms with Crippen molar-refractivity contribution in [3.05, 3.63) is 36.5 Å². The maximum Gasteiger partial charge on any atom is 0.306 e. The Morgan fingerprint density at radius 3 is 2.36 bits per heavy atom. The number of nitrogens with zero attached hydrogens (tertiary/aromatic N) is 1. The normalized spacial score (nSPS) is 14.3. The molecule has 0 aliphatic carbocycles. The molecule has 0 radical (unpaired) electrons. The lowest BCUT2D eigenvalue weighted by Gasteiger charge is -2.29. The second-order valence-electron chi connectivity index (χ2n) is 9.70. The van der Waals surface area contributed by atoms with Gasteiger partial charge in [0.1, 0.15) is 6.54 Å². The molecular weight excluding hydrogens is 418 g/mol. The van der Waals surface area contributed by atoms with Crippen molar-refractivity contribution in [1.29, 1.82) is 0 Å². The molecule has 0 rings (SSSR count). The number of aliphatic carboxylic acids is 1. The minimum absolute atomic E-state index is 0.279. The molecule has 6 nitrogen and oxygen atoms in total. The highest BCUT2D eigenvalue weighted by Crippen LogP contribution is 2.11. The van der Waals surface area contributed by atoms with E-state index >= 15 is 0 Å². The Bertz CT molecular complexity index is 604. The molecule has 0 aliphatic rings. The summed E-state index contributed by atoms with van der Waals surface area (Å²) in [6, 6.07) is 0. The lowest BCUT2D eigenvalue weighted by molar-refractivity contribution is -0.873. The van der Waals surface area contributed by atoms with E-state index < -0.39 is 18.2 Å². The van der Waals surface area contributed by atoms with Crippen molar-refractivity contribution >= 4 is 11.9 Å². The Labute approximate surface area is 201 Å².